The highest BCUT2D eigenvalue weighted by Gasteiger charge is 2.55. The number of ether oxygens (including phenoxy) is 1. The Hall–Kier alpha value is -2.91. The predicted octanol–water partition coefficient (Wildman–Crippen LogP) is 3.63. The first kappa shape index (κ1) is 33.3. The highest BCUT2D eigenvalue weighted by Crippen LogP contribution is 2.42. The standard InChI is InChI=1S/C30H50N4O6/c1-9-14-21(23(35)24(36)31-17-10-2)32-26(38)30(8)18-29(6,7)19-34(30)25(37)22(20-15-12-11-13-16-20)33-27(39)40-28(3,4)5/h10,20-22H,2,9,11-19H2,1,3-8H3,(H,31,36)(H,32,38)(H,33,39)/t21?,22-,30?/m1/s1. The van der Waals surface area contributed by atoms with Gasteiger partial charge in [0.05, 0.1) is 6.04 Å². The zero-order valence-corrected chi connectivity index (χ0v) is 25.5. The van der Waals surface area contributed by atoms with Crippen LogP contribution in [0.25, 0.3) is 0 Å². The first-order valence-electron chi connectivity index (χ1n) is 14.6. The van der Waals surface area contributed by atoms with Crippen LogP contribution in [0.1, 0.15) is 99.8 Å². The normalized spacial score (nSPS) is 22.5. The number of Topliss-reactive ketones (excluding diaryl/α,β-unsaturated/α-hetero) is 1. The molecule has 1 saturated carbocycles. The fourth-order valence-electron chi connectivity index (χ4n) is 5.94. The van der Waals surface area contributed by atoms with Gasteiger partial charge in [0.2, 0.25) is 17.6 Å². The predicted molar refractivity (Wildman–Crippen MR) is 153 cm³/mol. The molecule has 4 amide bonds. The molecule has 0 aromatic rings. The van der Waals surface area contributed by atoms with Gasteiger partial charge in [0.25, 0.3) is 5.91 Å². The van der Waals surface area contributed by atoms with E-state index >= 15 is 0 Å². The summed E-state index contributed by atoms with van der Waals surface area (Å²) in [6.07, 6.45) is 6.59. The van der Waals surface area contributed by atoms with Gasteiger partial charge in [-0.15, -0.1) is 6.58 Å². The maximum atomic E-state index is 14.3. The lowest BCUT2D eigenvalue weighted by molar-refractivity contribution is -0.148. The molecule has 2 unspecified atom stereocenters. The van der Waals surface area contributed by atoms with Crippen molar-refractivity contribution in [2.24, 2.45) is 11.3 Å². The summed E-state index contributed by atoms with van der Waals surface area (Å²) in [5, 5.41) is 8.10. The van der Waals surface area contributed by atoms with Crippen LogP contribution in [0.2, 0.25) is 0 Å². The number of ketones is 1. The molecule has 0 radical (unpaired) electrons. The summed E-state index contributed by atoms with van der Waals surface area (Å²) in [4.78, 5) is 67.8. The second kappa shape index (κ2) is 13.6. The molecule has 1 aliphatic carbocycles. The molecule has 1 saturated heterocycles. The monoisotopic (exact) mass is 562 g/mol. The highest BCUT2D eigenvalue weighted by molar-refractivity contribution is 6.38. The van der Waals surface area contributed by atoms with E-state index in [2.05, 4.69) is 22.5 Å². The lowest BCUT2D eigenvalue weighted by Crippen LogP contribution is -2.63. The van der Waals surface area contributed by atoms with E-state index in [0.717, 1.165) is 32.1 Å². The van der Waals surface area contributed by atoms with Crippen molar-refractivity contribution >= 4 is 29.6 Å². The molecule has 0 aromatic heterocycles. The van der Waals surface area contributed by atoms with Gasteiger partial charge in [-0.25, -0.2) is 4.79 Å². The molecule has 0 bridgehead atoms. The molecule has 2 fully saturated rings. The Morgan fingerprint density at radius 2 is 1.68 bits per heavy atom. The fraction of sp³-hybridized carbons (Fsp3) is 0.767. The smallest absolute Gasteiger partial charge is 0.408 e. The van der Waals surface area contributed by atoms with Gasteiger partial charge in [0.1, 0.15) is 17.2 Å². The lowest BCUT2D eigenvalue weighted by atomic mass is 9.82. The van der Waals surface area contributed by atoms with E-state index in [1.54, 1.807) is 32.6 Å². The zero-order chi connectivity index (χ0) is 30.3. The Balaban J connectivity index is 2.36. The number of carbonyl (C=O) groups excluding carboxylic acids is 5. The average Bonchev–Trinajstić information content (AvgIpc) is 3.13. The molecular weight excluding hydrogens is 512 g/mol. The molecule has 1 heterocycles. The molecule has 10 nitrogen and oxygen atoms in total. The van der Waals surface area contributed by atoms with E-state index in [-0.39, 0.29) is 24.8 Å². The molecular formula is C30H50N4O6. The SMILES string of the molecule is C=CCNC(=O)C(=O)C(CCC)NC(=O)C1(C)CC(C)(C)CN1C(=O)[C@H](NC(=O)OC(C)(C)C)C1CCCCC1. The molecule has 0 spiro atoms. The van der Waals surface area contributed by atoms with Crippen LogP contribution in [0.4, 0.5) is 4.79 Å². The van der Waals surface area contributed by atoms with Crippen molar-refractivity contribution in [3.8, 4) is 0 Å². The van der Waals surface area contributed by atoms with Crippen LogP contribution >= 0.6 is 0 Å². The van der Waals surface area contributed by atoms with E-state index in [9.17, 15) is 24.0 Å². The molecule has 2 rings (SSSR count). The average molecular weight is 563 g/mol. The minimum atomic E-state index is -1.28. The highest BCUT2D eigenvalue weighted by atomic mass is 16.6. The Morgan fingerprint density at radius 1 is 1.05 bits per heavy atom. The quantitative estimate of drug-likeness (QED) is 0.260. The van der Waals surface area contributed by atoms with Crippen molar-refractivity contribution in [3.05, 3.63) is 12.7 Å². The van der Waals surface area contributed by atoms with Crippen LogP contribution in [0.3, 0.4) is 0 Å². The van der Waals surface area contributed by atoms with Gasteiger partial charge < -0.3 is 25.6 Å². The van der Waals surface area contributed by atoms with Gasteiger partial charge in [-0.05, 0) is 64.7 Å². The van der Waals surface area contributed by atoms with Crippen LogP contribution in [0.15, 0.2) is 12.7 Å². The summed E-state index contributed by atoms with van der Waals surface area (Å²) in [5.41, 5.74) is -2.41. The van der Waals surface area contributed by atoms with Crippen molar-refractivity contribution in [1.29, 1.82) is 0 Å². The van der Waals surface area contributed by atoms with E-state index in [4.69, 9.17) is 4.74 Å². The first-order chi connectivity index (χ1) is 18.5. The number of likely N-dealkylation sites (tertiary alicyclic amines) is 1. The number of nitrogens with one attached hydrogen (secondary N) is 3. The number of hydrogen-bond donors (Lipinski definition) is 3. The minimum absolute atomic E-state index is 0.0761. The number of nitrogens with zero attached hydrogens (tertiary/aromatic N) is 1. The second-order valence-corrected chi connectivity index (χ2v) is 13.2. The van der Waals surface area contributed by atoms with Crippen LogP contribution in [-0.4, -0.2) is 70.8 Å². The maximum Gasteiger partial charge on any atom is 0.408 e. The van der Waals surface area contributed by atoms with Gasteiger partial charge in [0.15, 0.2) is 0 Å². The lowest BCUT2D eigenvalue weighted by Gasteiger charge is -2.39. The molecule has 226 valence electrons. The topological polar surface area (TPSA) is 134 Å². The maximum absolute atomic E-state index is 14.3. The first-order valence-corrected chi connectivity index (χ1v) is 14.6. The van der Waals surface area contributed by atoms with E-state index in [1.165, 1.54) is 6.08 Å². The van der Waals surface area contributed by atoms with Gasteiger partial charge in [-0.3, -0.25) is 19.2 Å². The number of alkyl carbamates (subject to hydrolysis) is 1. The number of amides is 4. The molecule has 0 aromatic carbocycles. The fourth-order valence-corrected chi connectivity index (χ4v) is 5.94. The summed E-state index contributed by atoms with van der Waals surface area (Å²) in [5.74, 6) is -2.42. The van der Waals surface area contributed by atoms with Crippen LogP contribution in [-0.2, 0) is 23.9 Å². The largest absolute Gasteiger partial charge is 0.444 e. The second-order valence-electron chi connectivity index (χ2n) is 13.2. The third-order valence-corrected chi connectivity index (χ3v) is 7.65. The number of carbonyl (C=O) groups is 5. The zero-order valence-electron chi connectivity index (χ0n) is 25.5. The van der Waals surface area contributed by atoms with Crippen LogP contribution < -0.4 is 16.0 Å². The summed E-state index contributed by atoms with van der Waals surface area (Å²) in [6, 6.07) is -1.86. The molecule has 2 aliphatic rings. The third kappa shape index (κ3) is 8.80. The van der Waals surface area contributed by atoms with Gasteiger partial charge in [-0.1, -0.05) is 52.5 Å². The van der Waals surface area contributed by atoms with Gasteiger partial charge in [0, 0.05) is 13.1 Å². The molecule has 1 aliphatic heterocycles. The molecule has 3 atom stereocenters. The van der Waals surface area contributed by atoms with Gasteiger partial charge >= 0.3 is 6.09 Å². The third-order valence-electron chi connectivity index (χ3n) is 7.65. The van der Waals surface area contributed by atoms with E-state index in [1.807, 2.05) is 20.8 Å². The minimum Gasteiger partial charge on any atom is -0.444 e. The van der Waals surface area contributed by atoms with Crippen molar-refractivity contribution in [1.82, 2.24) is 20.9 Å². The Bertz CT molecular complexity index is 966. The van der Waals surface area contributed by atoms with E-state index in [0.29, 0.717) is 19.4 Å². The molecule has 10 heteroatoms. The van der Waals surface area contributed by atoms with Crippen molar-refractivity contribution in [2.45, 2.75) is 123 Å². The summed E-state index contributed by atoms with van der Waals surface area (Å²) < 4.78 is 5.49. The van der Waals surface area contributed by atoms with E-state index < -0.39 is 52.3 Å². The van der Waals surface area contributed by atoms with Gasteiger partial charge in [-0.2, -0.15) is 0 Å². The van der Waals surface area contributed by atoms with Crippen molar-refractivity contribution in [2.75, 3.05) is 13.1 Å². The summed E-state index contributed by atoms with van der Waals surface area (Å²) in [6.45, 7) is 16.8. The van der Waals surface area contributed by atoms with Crippen LogP contribution in [0.5, 0.6) is 0 Å². The Morgan fingerprint density at radius 3 is 2.23 bits per heavy atom. The molecule has 3 N–H and O–H groups in total. The van der Waals surface area contributed by atoms with Crippen LogP contribution in [0, 0.1) is 11.3 Å². The number of rotatable bonds is 11. The van der Waals surface area contributed by atoms with Crippen molar-refractivity contribution < 1.29 is 28.7 Å². The number of hydrogen-bond acceptors (Lipinski definition) is 6. The summed E-state index contributed by atoms with van der Waals surface area (Å²) >= 11 is 0. The Kier molecular flexibility index (Phi) is 11.3. The molecule has 40 heavy (non-hydrogen) atoms. The van der Waals surface area contributed by atoms with Crippen molar-refractivity contribution in [3.63, 3.8) is 0 Å². The Labute approximate surface area is 239 Å². The summed E-state index contributed by atoms with van der Waals surface area (Å²) in [7, 11) is 0.